The van der Waals surface area contributed by atoms with Gasteiger partial charge in [-0.25, -0.2) is 0 Å². The first-order chi connectivity index (χ1) is 13.7. The second-order valence-corrected chi connectivity index (χ2v) is 9.87. The predicted molar refractivity (Wildman–Crippen MR) is 109 cm³/mol. The third-order valence-electron chi connectivity index (χ3n) is 8.23. The summed E-state index contributed by atoms with van der Waals surface area (Å²) in [6.45, 7) is 1.59. The minimum atomic E-state index is -0.0169. The zero-order chi connectivity index (χ0) is 19.1. The molecule has 4 fully saturated rings. The molecule has 150 valence electrons. The molecular weight excluding hydrogens is 348 g/mol. The van der Waals surface area contributed by atoms with Crippen LogP contribution >= 0.6 is 0 Å². The molecule has 4 nitrogen and oxygen atoms in total. The Labute approximate surface area is 167 Å². The molecule has 1 aromatic rings. The number of rotatable bonds is 6. The molecule has 4 bridgehead atoms. The smallest absolute Gasteiger partial charge is 0.251 e. The molecule has 0 radical (unpaired) electrons. The summed E-state index contributed by atoms with van der Waals surface area (Å²) in [5.74, 6) is 4.76. The third-order valence-corrected chi connectivity index (χ3v) is 8.23. The fraction of sp³-hybridized carbons (Fsp3) is 0.667. The van der Waals surface area contributed by atoms with Crippen LogP contribution in [0.3, 0.4) is 0 Å². The van der Waals surface area contributed by atoms with Crippen LogP contribution in [0.2, 0.25) is 0 Å². The highest BCUT2D eigenvalue weighted by molar-refractivity contribution is 5.97. The van der Waals surface area contributed by atoms with Gasteiger partial charge in [0.05, 0.1) is 0 Å². The average molecular weight is 381 g/mol. The number of hydrogen-bond donors (Lipinski definition) is 2. The van der Waals surface area contributed by atoms with Crippen LogP contribution in [0.1, 0.15) is 72.1 Å². The van der Waals surface area contributed by atoms with E-state index in [9.17, 15) is 9.59 Å². The van der Waals surface area contributed by atoms with E-state index >= 15 is 0 Å². The molecular formula is C24H32N2O2. The largest absolute Gasteiger partial charge is 0.352 e. The Kier molecular flexibility index (Phi) is 4.90. The van der Waals surface area contributed by atoms with E-state index in [-0.39, 0.29) is 11.8 Å². The normalized spacial score (nSPS) is 35.3. The van der Waals surface area contributed by atoms with Gasteiger partial charge >= 0.3 is 0 Å². The Morgan fingerprint density at radius 2 is 1.11 bits per heavy atom. The number of nitrogens with one attached hydrogen (secondary N) is 2. The zero-order valence-electron chi connectivity index (χ0n) is 16.7. The summed E-state index contributed by atoms with van der Waals surface area (Å²) >= 11 is 0. The van der Waals surface area contributed by atoms with Gasteiger partial charge in [0, 0.05) is 24.2 Å². The standard InChI is InChI=1S/C24H32N2O2/c27-23(25-13-21-11-15-1-3-19(21)9-15)17-5-7-18(8-6-17)24(28)26-14-22-12-16-2-4-20(22)10-16/h5-8,15-16,19-22H,1-4,9-14H2,(H,25,27)(H,26,28)/t15-,16-,19-,20-,21+,22+/m0/s1. The van der Waals surface area contributed by atoms with Crippen LogP contribution in [-0.4, -0.2) is 24.9 Å². The Bertz CT molecular complexity index is 680. The van der Waals surface area contributed by atoms with Crippen LogP contribution in [0, 0.1) is 35.5 Å². The summed E-state index contributed by atoms with van der Waals surface area (Å²) in [6, 6.07) is 7.12. The van der Waals surface area contributed by atoms with Crippen molar-refractivity contribution in [1.29, 1.82) is 0 Å². The molecule has 0 aliphatic heterocycles. The first-order valence-electron chi connectivity index (χ1n) is 11.3. The number of benzene rings is 1. The number of carbonyl (C=O) groups is 2. The molecule has 6 atom stereocenters. The lowest BCUT2D eigenvalue weighted by molar-refractivity contribution is 0.0930. The SMILES string of the molecule is O=C(NC[C@H]1C[C@H]2CC[C@H]1C2)c1ccc(C(=O)NC[C@H]2C[C@H]3CC[C@H]2C3)cc1. The molecule has 5 rings (SSSR count). The van der Waals surface area contributed by atoms with Gasteiger partial charge in [0.15, 0.2) is 0 Å². The Morgan fingerprint density at radius 1 is 0.679 bits per heavy atom. The first kappa shape index (κ1) is 18.2. The molecule has 0 heterocycles. The van der Waals surface area contributed by atoms with Crippen LogP contribution < -0.4 is 10.6 Å². The van der Waals surface area contributed by atoms with E-state index in [0.29, 0.717) is 23.0 Å². The van der Waals surface area contributed by atoms with Gasteiger partial charge in [0.2, 0.25) is 0 Å². The van der Waals surface area contributed by atoms with E-state index in [1.54, 1.807) is 24.3 Å². The fourth-order valence-electron chi connectivity index (χ4n) is 6.68. The lowest BCUT2D eigenvalue weighted by atomic mass is 9.89. The maximum atomic E-state index is 12.5. The van der Waals surface area contributed by atoms with Gasteiger partial charge in [0.25, 0.3) is 11.8 Å². The summed E-state index contributed by atoms with van der Waals surface area (Å²) in [5, 5.41) is 6.23. The van der Waals surface area contributed by atoms with Gasteiger partial charge in [-0.1, -0.05) is 12.8 Å². The van der Waals surface area contributed by atoms with Crippen LogP contribution in [0.15, 0.2) is 24.3 Å². The lowest BCUT2D eigenvalue weighted by Crippen LogP contribution is -2.32. The van der Waals surface area contributed by atoms with E-state index in [0.717, 1.165) is 36.8 Å². The van der Waals surface area contributed by atoms with Crippen molar-refractivity contribution in [1.82, 2.24) is 10.6 Å². The van der Waals surface area contributed by atoms with Crippen molar-refractivity contribution in [3.05, 3.63) is 35.4 Å². The van der Waals surface area contributed by atoms with Gasteiger partial charge in [-0.2, -0.15) is 0 Å². The van der Waals surface area contributed by atoms with Crippen molar-refractivity contribution in [3.8, 4) is 0 Å². The van der Waals surface area contributed by atoms with Crippen LogP contribution in [0.25, 0.3) is 0 Å². The molecule has 0 aromatic heterocycles. The van der Waals surface area contributed by atoms with Gasteiger partial charge in [-0.3, -0.25) is 9.59 Å². The van der Waals surface area contributed by atoms with Crippen molar-refractivity contribution in [2.24, 2.45) is 35.5 Å². The number of amides is 2. The summed E-state index contributed by atoms with van der Waals surface area (Å²) in [4.78, 5) is 24.9. The van der Waals surface area contributed by atoms with Crippen molar-refractivity contribution >= 4 is 11.8 Å². The second kappa shape index (κ2) is 7.53. The quantitative estimate of drug-likeness (QED) is 0.783. The molecule has 28 heavy (non-hydrogen) atoms. The van der Waals surface area contributed by atoms with E-state index in [4.69, 9.17) is 0 Å². The van der Waals surface area contributed by atoms with Crippen LogP contribution in [0.4, 0.5) is 0 Å². The van der Waals surface area contributed by atoms with E-state index in [1.165, 1.54) is 51.4 Å². The molecule has 0 unspecified atom stereocenters. The molecule has 4 heteroatoms. The fourth-order valence-corrected chi connectivity index (χ4v) is 6.68. The number of hydrogen-bond acceptors (Lipinski definition) is 2. The molecule has 4 saturated carbocycles. The Balaban J connectivity index is 1.10. The van der Waals surface area contributed by atoms with Crippen LogP contribution in [0.5, 0.6) is 0 Å². The highest BCUT2D eigenvalue weighted by Crippen LogP contribution is 2.48. The van der Waals surface area contributed by atoms with Gasteiger partial charge in [-0.15, -0.1) is 0 Å². The summed E-state index contributed by atoms with van der Waals surface area (Å²) in [5.41, 5.74) is 1.29. The molecule has 2 N–H and O–H groups in total. The monoisotopic (exact) mass is 380 g/mol. The topological polar surface area (TPSA) is 58.2 Å². The van der Waals surface area contributed by atoms with E-state index in [2.05, 4.69) is 10.6 Å². The van der Waals surface area contributed by atoms with Gasteiger partial charge in [0.1, 0.15) is 0 Å². The minimum Gasteiger partial charge on any atom is -0.352 e. The molecule has 0 spiro atoms. The highest BCUT2D eigenvalue weighted by atomic mass is 16.2. The van der Waals surface area contributed by atoms with Crippen molar-refractivity contribution in [2.75, 3.05) is 13.1 Å². The molecule has 0 saturated heterocycles. The predicted octanol–water partition coefficient (Wildman–Crippen LogP) is 4.02. The molecule has 2 amide bonds. The molecule has 1 aromatic carbocycles. The minimum absolute atomic E-state index is 0.0169. The first-order valence-corrected chi connectivity index (χ1v) is 11.3. The summed E-state index contributed by atoms with van der Waals surface area (Å²) in [6.07, 6.45) is 10.8. The lowest BCUT2D eigenvalue weighted by Gasteiger charge is -2.22. The van der Waals surface area contributed by atoms with Crippen molar-refractivity contribution < 1.29 is 9.59 Å². The number of fused-ring (bicyclic) bond motifs is 4. The third kappa shape index (κ3) is 3.58. The Hall–Kier alpha value is -1.84. The van der Waals surface area contributed by atoms with Gasteiger partial charge in [-0.05, 0) is 98.3 Å². The molecule has 4 aliphatic rings. The highest BCUT2D eigenvalue weighted by Gasteiger charge is 2.40. The Morgan fingerprint density at radius 3 is 1.43 bits per heavy atom. The summed E-state index contributed by atoms with van der Waals surface area (Å²) in [7, 11) is 0. The zero-order valence-corrected chi connectivity index (χ0v) is 16.7. The van der Waals surface area contributed by atoms with Gasteiger partial charge < -0.3 is 10.6 Å². The van der Waals surface area contributed by atoms with Crippen molar-refractivity contribution in [2.45, 2.75) is 51.4 Å². The van der Waals surface area contributed by atoms with E-state index < -0.39 is 0 Å². The van der Waals surface area contributed by atoms with Crippen molar-refractivity contribution in [3.63, 3.8) is 0 Å². The van der Waals surface area contributed by atoms with E-state index in [1.807, 2.05) is 0 Å². The molecule has 4 aliphatic carbocycles. The average Bonchev–Trinajstić information content (AvgIpc) is 3.52. The number of carbonyl (C=O) groups excluding carboxylic acids is 2. The second-order valence-electron chi connectivity index (χ2n) is 9.87. The maximum Gasteiger partial charge on any atom is 0.251 e. The maximum absolute atomic E-state index is 12.5. The summed E-state index contributed by atoms with van der Waals surface area (Å²) < 4.78 is 0. The van der Waals surface area contributed by atoms with Crippen LogP contribution in [-0.2, 0) is 0 Å².